The Morgan fingerprint density at radius 2 is 1.51 bits per heavy atom. The summed E-state index contributed by atoms with van der Waals surface area (Å²) in [5.41, 5.74) is 0.592. The number of likely N-dealkylation sites (N-methyl/N-ethyl adjacent to an activating group) is 2. The lowest BCUT2D eigenvalue weighted by Crippen LogP contribution is -2.62. The van der Waals surface area contributed by atoms with Gasteiger partial charge in [0.2, 0.25) is 41.2 Å². The van der Waals surface area contributed by atoms with E-state index in [-0.39, 0.29) is 69.4 Å². The van der Waals surface area contributed by atoms with Crippen LogP contribution >= 0.6 is 21.6 Å². The number of nitrogens with one attached hydrogen (secondary N) is 3. The molecule has 0 bridgehead atoms. The van der Waals surface area contributed by atoms with Crippen LogP contribution in [0.2, 0.25) is 0 Å². The molecule has 0 spiro atoms. The molecule has 23 heteroatoms. The second kappa shape index (κ2) is 31.1. The minimum Gasteiger partial charge on any atom is -0.497 e. The molecule has 3 aliphatic rings. The van der Waals surface area contributed by atoms with Crippen LogP contribution < -0.4 is 20.7 Å². The lowest BCUT2D eigenvalue weighted by molar-refractivity contribution is -0.162. The Labute approximate surface area is 486 Å². The zero-order valence-corrected chi connectivity index (χ0v) is 51.7. The van der Waals surface area contributed by atoms with Crippen molar-refractivity contribution in [3.05, 3.63) is 29.8 Å². The Morgan fingerprint density at radius 3 is 2.07 bits per heavy atom. The van der Waals surface area contributed by atoms with Gasteiger partial charge < -0.3 is 49.8 Å². The number of esters is 2. The maximum atomic E-state index is 15.3. The zero-order valence-electron chi connectivity index (χ0n) is 50.1. The second-order valence-electron chi connectivity index (χ2n) is 23.0. The van der Waals surface area contributed by atoms with Crippen molar-refractivity contribution in [1.82, 2.24) is 35.6 Å². The summed E-state index contributed by atoms with van der Waals surface area (Å²) in [4.78, 5) is 162. The summed E-state index contributed by atoms with van der Waals surface area (Å²) in [5, 5.41) is 7.97. The van der Waals surface area contributed by atoms with Gasteiger partial charge in [0, 0.05) is 51.8 Å². The van der Waals surface area contributed by atoms with Gasteiger partial charge in [-0.25, -0.2) is 4.79 Å². The fraction of sp³-hybridized carbons (Fsp3) is 0.707. The van der Waals surface area contributed by atoms with Gasteiger partial charge in [-0.2, -0.15) is 0 Å². The first kappa shape index (κ1) is 67.8. The molecule has 3 fully saturated rings. The van der Waals surface area contributed by atoms with Crippen molar-refractivity contribution < 1.29 is 67.0 Å². The number of hydrogen-bond donors (Lipinski definition) is 3. The minimum absolute atomic E-state index is 0.0899. The molecule has 4 rings (SSSR count). The highest BCUT2D eigenvalue weighted by atomic mass is 33.1. The molecule has 3 aliphatic heterocycles. The topological polar surface area (TPSA) is 265 Å². The highest BCUT2D eigenvalue weighted by molar-refractivity contribution is 8.76. The van der Waals surface area contributed by atoms with Gasteiger partial charge in [0.15, 0.2) is 11.9 Å². The number of ether oxygens (including phenoxy) is 3. The molecule has 0 radical (unpaired) electrons. The number of cyclic esters (lactones) is 2. The van der Waals surface area contributed by atoms with Crippen molar-refractivity contribution >= 4 is 86.4 Å². The van der Waals surface area contributed by atoms with Crippen molar-refractivity contribution in [3.63, 3.8) is 0 Å². The molecule has 452 valence electrons. The Kier molecular flexibility index (Phi) is 26.0. The smallest absolute Gasteiger partial charge is 0.329 e. The first-order chi connectivity index (χ1) is 38.1. The van der Waals surface area contributed by atoms with Gasteiger partial charge in [0.25, 0.3) is 5.91 Å². The van der Waals surface area contributed by atoms with E-state index in [1.807, 2.05) is 41.5 Å². The average Bonchev–Trinajstić information content (AvgIpc) is 4.17. The molecule has 0 saturated carbocycles. The van der Waals surface area contributed by atoms with Crippen LogP contribution in [0.1, 0.15) is 133 Å². The predicted octanol–water partition coefficient (Wildman–Crippen LogP) is 4.54. The van der Waals surface area contributed by atoms with Gasteiger partial charge in [-0.05, 0) is 100.0 Å². The molecule has 21 nitrogen and oxygen atoms in total. The highest BCUT2D eigenvalue weighted by Gasteiger charge is 2.46. The van der Waals surface area contributed by atoms with E-state index < -0.39 is 136 Å². The number of likely N-dealkylation sites (tertiary alicyclic amines) is 1. The van der Waals surface area contributed by atoms with E-state index in [2.05, 4.69) is 16.0 Å². The monoisotopic (exact) mass is 1170 g/mol. The zero-order chi connectivity index (χ0) is 60.7. The van der Waals surface area contributed by atoms with E-state index in [1.54, 1.807) is 44.4 Å². The minimum atomic E-state index is -1.68. The van der Waals surface area contributed by atoms with Crippen molar-refractivity contribution in [2.75, 3.05) is 40.6 Å². The molecule has 7 amide bonds. The molecule has 12 atom stereocenters. The lowest BCUT2D eigenvalue weighted by atomic mass is 9.92. The van der Waals surface area contributed by atoms with Crippen LogP contribution in [0.15, 0.2) is 24.3 Å². The summed E-state index contributed by atoms with van der Waals surface area (Å²) in [6, 6.07) is -1.58. The molecular weight excluding hydrogens is 1080 g/mol. The fourth-order valence-electron chi connectivity index (χ4n) is 10.7. The Hall–Kier alpha value is -5.71. The number of rotatable bonds is 17. The average molecular weight is 1170 g/mol. The summed E-state index contributed by atoms with van der Waals surface area (Å²) in [7, 11) is 6.94. The summed E-state index contributed by atoms with van der Waals surface area (Å²) >= 11 is 0. The van der Waals surface area contributed by atoms with Crippen molar-refractivity contribution in [2.24, 2.45) is 29.6 Å². The normalized spacial score (nSPS) is 26.8. The Morgan fingerprint density at radius 1 is 0.864 bits per heavy atom. The maximum absolute atomic E-state index is 15.3. The predicted molar refractivity (Wildman–Crippen MR) is 308 cm³/mol. The Bertz CT molecular complexity index is 2420. The summed E-state index contributed by atoms with van der Waals surface area (Å²) in [5.74, 6) is -10.2. The van der Waals surface area contributed by atoms with Crippen molar-refractivity contribution in [3.8, 4) is 5.75 Å². The number of Topliss-reactive ketones (excluding diaryl/α,β-unsaturated/α-hetero) is 2. The van der Waals surface area contributed by atoms with Crippen LogP contribution in [0.4, 0.5) is 0 Å². The Balaban J connectivity index is 1.93. The quantitative estimate of drug-likeness (QED) is 0.0837. The van der Waals surface area contributed by atoms with E-state index in [0.717, 1.165) is 6.92 Å². The van der Waals surface area contributed by atoms with Crippen LogP contribution in [0.25, 0.3) is 0 Å². The van der Waals surface area contributed by atoms with E-state index in [4.69, 9.17) is 14.2 Å². The molecule has 3 N–H and O–H groups in total. The molecule has 1 aromatic carbocycles. The molecule has 0 aliphatic carbocycles. The highest BCUT2D eigenvalue weighted by Crippen LogP contribution is 2.34. The number of hydrogen-bond acceptors (Lipinski definition) is 16. The first-order valence-electron chi connectivity index (χ1n) is 28.4. The number of carbonyl (C=O) groups is 11. The van der Waals surface area contributed by atoms with E-state index in [0.29, 0.717) is 30.6 Å². The third kappa shape index (κ3) is 17.9. The third-order valence-electron chi connectivity index (χ3n) is 15.6. The third-order valence-corrected chi connectivity index (χ3v) is 17.8. The lowest BCUT2D eigenvalue weighted by Gasteiger charge is -2.37. The molecule has 3 saturated heterocycles. The molecular formula is C58H89N7O14S2. The number of amides is 7. The van der Waals surface area contributed by atoms with Gasteiger partial charge >= 0.3 is 11.9 Å². The maximum Gasteiger partial charge on any atom is 0.329 e. The SMILES string of the molecule is CC[C@H](C)[C@@H]1NC(=O)[C@@H](NC(=O)[C@@H](CC(C)C)N(C)C(=O)[C@@H]2CCCN2C(=O)C(C)=O)[C@@H](C)OC(=O)[C@H](Cc2ccc(OC)cc2)N(C)C(=O)[C@@H]2CCCN2C(=O)[C@H](CC(C)C)NC(=O)[C@@H](C)C(=O)[C@H](C(C)C)OC(=O)C[C@H]1SSC. The largest absolute Gasteiger partial charge is 0.497 e. The van der Waals surface area contributed by atoms with Gasteiger partial charge in [-0.15, -0.1) is 0 Å². The standard InChI is InChI=1S/C58H89N7O14S2/c1-16-34(8)47-45(81-80-15)30-46(67)79-50(33(6)7)49(68)35(9)51(69)59-40(27-31(2)3)55(73)65-26-18-20-42(65)57(75)63(13)44(29-38-21-23-39(77-14)24-22-38)58(76)78-37(11)48(53(71)60-47)61-52(70)43(28-32(4)5)62(12)56(74)41-19-17-25-64(41)54(72)36(10)66/h21-24,31-35,37,40-45,47-48,50H,16-20,25-30H2,1-15H3,(H,59,69)(H,60,71)(H,61,70)/t34-,35-,37+,40-,41-,42-,43+,44-,45+,47-,48-,50-/m0/s1. The summed E-state index contributed by atoms with van der Waals surface area (Å²) < 4.78 is 17.6. The van der Waals surface area contributed by atoms with E-state index >= 15 is 9.59 Å². The second-order valence-corrected chi connectivity index (χ2v) is 25.7. The van der Waals surface area contributed by atoms with Gasteiger partial charge in [-0.1, -0.05) is 95.5 Å². The first-order valence-corrected chi connectivity index (χ1v) is 31.0. The van der Waals surface area contributed by atoms with Crippen LogP contribution in [-0.4, -0.2) is 185 Å². The van der Waals surface area contributed by atoms with Crippen LogP contribution in [-0.2, 0) is 68.6 Å². The number of nitrogens with zero attached hydrogens (tertiary/aromatic N) is 4. The number of ketones is 2. The van der Waals surface area contributed by atoms with Crippen LogP contribution in [0.3, 0.4) is 0 Å². The van der Waals surface area contributed by atoms with Crippen molar-refractivity contribution in [1.29, 1.82) is 0 Å². The van der Waals surface area contributed by atoms with Gasteiger partial charge in [0.1, 0.15) is 48.1 Å². The van der Waals surface area contributed by atoms with E-state index in [9.17, 15) is 43.2 Å². The molecule has 81 heavy (non-hydrogen) atoms. The van der Waals surface area contributed by atoms with Crippen molar-refractivity contribution in [2.45, 2.75) is 194 Å². The van der Waals surface area contributed by atoms with E-state index in [1.165, 1.54) is 76.2 Å². The molecule has 1 aromatic rings. The van der Waals surface area contributed by atoms with Crippen LogP contribution in [0, 0.1) is 29.6 Å². The summed E-state index contributed by atoms with van der Waals surface area (Å²) in [6.07, 6.45) is 0.590. The van der Waals surface area contributed by atoms with Gasteiger partial charge in [-0.3, -0.25) is 47.9 Å². The number of benzene rings is 1. The molecule has 3 heterocycles. The number of methoxy groups -OCH3 is 1. The van der Waals surface area contributed by atoms with Gasteiger partial charge in [0.05, 0.1) is 19.4 Å². The van der Waals surface area contributed by atoms with Crippen LogP contribution in [0.5, 0.6) is 5.75 Å². The summed E-state index contributed by atoms with van der Waals surface area (Å²) in [6.45, 7) is 18.8. The fourth-order valence-corrected chi connectivity index (χ4v) is 12.9. The molecule has 0 aromatic heterocycles. The number of carbonyl (C=O) groups excluding carboxylic acids is 11. The number of fused-ring (bicyclic) bond motifs is 1. The molecule has 0 unspecified atom stereocenters.